The van der Waals surface area contributed by atoms with Crippen LogP contribution >= 0.6 is 11.8 Å². The zero-order chi connectivity index (χ0) is 11.4. The first kappa shape index (κ1) is 11.2. The molecule has 2 rings (SSSR count). The van der Waals surface area contributed by atoms with Crippen molar-refractivity contribution in [2.24, 2.45) is 0 Å². The van der Waals surface area contributed by atoms with Crippen LogP contribution in [0.4, 0.5) is 0 Å². The number of imidazole rings is 1. The van der Waals surface area contributed by atoms with Crippen molar-refractivity contribution in [1.82, 2.24) is 9.97 Å². The van der Waals surface area contributed by atoms with Crippen molar-refractivity contribution in [3.8, 4) is 0 Å². The molecule has 0 aliphatic heterocycles. The van der Waals surface area contributed by atoms with Crippen molar-refractivity contribution in [2.75, 3.05) is 0 Å². The Balaban J connectivity index is 2.26. The quantitative estimate of drug-likeness (QED) is 0.855. The molecule has 0 saturated carbocycles. The largest absolute Gasteiger partial charge is 0.388 e. The summed E-state index contributed by atoms with van der Waals surface area (Å²) in [6.07, 6.45) is 3.83. The monoisotopic (exact) mass is 234 g/mol. The second kappa shape index (κ2) is 5.18. The maximum atomic E-state index is 9.89. The summed E-state index contributed by atoms with van der Waals surface area (Å²) < 4.78 is 0. The minimum absolute atomic E-state index is 0.404. The van der Waals surface area contributed by atoms with E-state index in [9.17, 15) is 5.11 Å². The number of aliphatic hydroxyl groups excluding tert-OH is 1. The number of rotatable bonds is 4. The minimum Gasteiger partial charge on any atom is -0.388 e. The molecule has 1 atom stereocenters. The van der Waals surface area contributed by atoms with E-state index in [1.54, 1.807) is 12.4 Å². The fourth-order valence-corrected chi connectivity index (χ4v) is 2.40. The zero-order valence-electron chi connectivity index (χ0n) is 9.05. The molecule has 2 N–H and O–H groups in total. The summed E-state index contributed by atoms with van der Waals surface area (Å²) in [5.41, 5.74) is 0.964. The smallest absolute Gasteiger partial charge is 0.170 e. The minimum atomic E-state index is -0.404. The predicted molar refractivity (Wildman–Crippen MR) is 64.4 cm³/mol. The van der Waals surface area contributed by atoms with Crippen LogP contribution < -0.4 is 0 Å². The van der Waals surface area contributed by atoms with Gasteiger partial charge in [0, 0.05) is 17.3 Å². The van der Waals surface area contributed by atoms with Gasteiger partial charge < -0.3 is 10.1 Å². The highest BCUT2D eigenvalue weighted by Gasteiger charge is 2.11. The van der Waals surface area contributed by atoms with Crippen LogP contribution in [0.3, 0.4) is 0 Å². The summed E-state index contributed by atoms with van der Waals surface area (Å²) >= 11 is 1.54. The first-order valence-electron chi connectivity index (χ1n) is 5.25. The van der Waals surface area contributed by atoms with Gasteiger partial charge in [0.15, 0.2) is 5.16 Å². The van der Waals surface area contributed by atoms with E-state index in [2.05, 4.69) is 9.97 Å². The van der Waals surface area contributed by atoms with Crippen LogP contribution in [0.15, 0.2) is 46.7 Å². The van der Waals surface area contributed by atoms with Crippen molar-refractivity contribution in [1.29, 1.82) is 0 Å². The van der Waals surface area contributed by atoms with Gasteiger partial charge in [-0.25, -0.2) is 4.98 Å². The summed E-state index contributed by atoms with van der Waals surface area (Å²) in [7, 11) is 0. The van der Waals surface area contributed by atoms with Crippen molar-refractivity contribution >= 4 is 11.8 Å². The molecule has 0 aliphatic rings. The van der Waals surface area contributed by atoms with Gasteiger partial charge in [0.05, 0.1) is 6.10 Å². The molecule has 0 saturated heterocycles. The molecule has 84 valence electrons. The molecule has 0 bridgehead atoms. The molecular weight excluding hydrogens is 220 g/mol. The summed E-state index contributed by atoms with van der Waals surface area (Å²) in [4.78, 5) is 8.25. The average molecular weight is 234 g/mol. The van der Waals surface area contributed by atoms with Crippen molar-refractivity contribution < 1.29 is 5.11 Å². The highest BCUT2D eigenvalue weighted by atomic mass is 32.2. The number of aromatic nitrogens is 2. The van der Waals surface area contributed by atoms with Gasteiger partial charge in [-0.05, 0) is 18.1 Å². The Morgan fingerprint density at radius 2 is 2.25 bits per heavy atom. The van der Waals surface area contributed by atoms with Gasteiger partial charge in [-0.15, -0.1) is 0 Å². The van der Waals surface area contributed by atoms with Crippen LogP contribution in [0.5, 0.6) is 0 Å². The van der Waals surface area contributed by atoms with Crippen molar-refractivity contribution in [3.05, 3.63) is 42.2 Å². The van der Waals surface area contributed by atoms with Crippen LogP contribution in [0.25, 0.3) is 0 Å². The van der Waals surface area contributed by atoms with E-state index in [0.29, 0.717) is 0 Å². The van der Waals surface area contributed by atoms with Crippen molar-refractivity contribution in [2.45, 2.75) is 29.5 Å². The lowest BCUT2D eigenvalue weighted by molar-refractivity contribution is 0.171. The third-order valence-corrected chi connectivity index (χ3v) is 3.35. The Bertz CT molecular complexity index is 442. The maximum absolute atomic E-state index is 9.89. The fourth-order valence-electron chi connectivity index (χ4n) is 1.48. The molecule has 1 aromatic carbocycles. The molecule has 1 heterocycles. The third-order valence-electron chi connectivity index (χ3n) is 2.34. The summed E-state index contributed by atoms with van der Waals surface area (Å²) in [5, 5.41) is 10.7. The molecule has 0 radical (unpaired) electrons. The summed E-state index contributed by atoms with van der Waals surface area (Å²) in [5.74, 6) is 0. The van der Waals surface area contributed by atoms with E-state index in [1.165, 1.54) is 11.8 Å². The predicted octanol–water partition coefficient (Wildman–Crippen LogP) is 3.00. The molecule has 0 amide bonds. The topological polar surface area (TPSA) is 48.9 Å². The lowest BCUT2D eigenvalue weighted by Crippen LogP contribution is -1.97. The number of H-pyrrole nitrogens is 1. The SMILES string of the molecule is CCC(O)c1ccccc1Sc1ncc[nH]1. The molecule has 0 spiro atoms. The van der Waals surface area contributed by atoms with Crippen LogP contribution in [-0.2, 0) is 0 Å². The van der Waals surface area contributed by atoms with E-state index in [-0.39, 0.29) is 0 Å². The van der Waals surface area contributed by atoms with E-state index < -0.39 is 6.10 Å². The standard InChI is InChI=1S/C12H14N2OS/c1-2-10(15)9-5-3-4-6-11(9)16-12-13-7-8-14-12/h3-8,10,15H,2H2,1H3,(H,13,14). The number of aliphatic hydroxyl groups is 1. The summed E-state index contributed by atoms with van der Waals surface area (Å²) in [6.45, 7) is 1.97. The number of hydrogen-bond donors (Lipinski definition) is 2. The Hall–Kier alpha value is -1.26. The number of nitrogens with one attached hydrogen (secondary N) is 1. The third kappa shape index (κ3) is 2.46. The molecule has 16 heavy (non-hydrogen) atoms. The fraction of sp³-hybridized carbons (Fsp3) is 0.250. The Morgan fingerprint density at radius 3 is 2.94 bits per heavy atom. The van der Waals surface area contributed by atoms with Crippen LogP contribution in [-0.4, -0.2) is 15.1 Å². The highest BCUT2D eigenvalue weighted by molar-refractivity contribution is 7.99. The van der Waals surface area contributed by atoms with E-state index in [1.807, 2.05) is 31.2 Å². The Labute approximate surface area is 98.9 Å². The Kier molecular flexibility index (Phi) is 3.64. The number of aromatic amines is 1. The maximum Gasteiger partial charge on any atom is 0.170 e. The van der Waals surface area contributed by atoms with E-state index in [4.69, 9.17) is 0 Å². The molecular formula is C12H14N2OS. The van der Waals surface area contributed by atoms with Gasteiger partial charge in [0.2, 0.25) is 0 Å². The summed E-state index contributed by atoms with van der Waals surface area (Å²) in [6, 6.07) is 7.87. The lowest BCUT2D eigenvalue weighted by atomic mass is 10.1. The van der Waals surface area contributed by atoms with Crippen LogP contribution in [0, 0.1) is 0 Å². The van der Waals surface area contributed by atoms with Crippen molar-refractivity contribution in [3.63, 3.8) is 0 Å². The second-order valence-electron chi connectivity index (χ2n) is 3.46. The molecule has 3 nitrogen and oxygen atoms in total. The molecule has 2 aromatic rings. The molecule has 0 fully saturated rings. The van der Waals surface area contributed by atoms with E-state index >= 15 is 0 Å². The lowest BCUT2D eigenvalue weighted by Gasteiger charge is -2.12. The highest BCUT2D eigenvalue weighted by Crippen LogP contribution is 2.32. The van der Waals surface area contributed by atoms with Crippen LogP contribution in [0.2, 0.25) is 0 Å². The second-order valence-corrected chi connectivity index (χ2v) is 4.49. The molecule has 4 heteroatoms. The number of nitrogens with zero attached hydrogens (tertiary/aromatic N) is 1. The molecule has 1 aromatic heterocycles. The number of hydrogen-bond acceptors (Lipinski definition) is 3. The van der Waals surface area contributed by atoms with Gasteiger partial charge in [-0.1, -0.05) is 36.9 Å². The first-order chi connectivity index (χ1) is 7.81. The van der Waals surface area contributed by atoms with Gasteiger partial charge >= 0.3 is 0 Å². The van der Waals surface area contributed by atoms with Gasteiger partial charge in [0.25, 0.3) is 0 Å². The molecule has 0 aliphatic carbocycles. The first-order valence-corrected chi connectivity index (χ1v) is 6.07. The normalized spacial score (nSPS) is 12.6. The Morgan fingerprint density at radius 1 is 1.44 bits per heavy atom. The van der Waals surface area contributed by atoms with E-state index in [0.717, 1.165) is 22.0 Å². The van der Waals surface area contributed by atoms with Crippen LogP contribution in [0.1, 0.15) is 25.0 Å². The van der Waals surface area contributed by atoms with Gasteiger partial charge in [-0.3, -0.25) is 0 Å². The van der Waals surface area contributed by atoms with Gasteiger partial charge in [0.1, 0.15) is 0 Å². The molecule has 1 unspecified atom stereocenters. The van der Waals surface area contributed by atoms with Gasteiger partial charge in [-0.2, -0.15) is 0 Å². The zero-order valence-corrected chi connectivity index (χ0v) is 9.87. The number of benzene rings is 1. The average Bonchev–Trinajstić information content (AvgIpc) is 2.82.